The largest absolute Gasteiger partial charge is 0.490 e. The average molecular weight is 338 g/mol. The van der Waals surface area contributed by atoms with E-state index in [4.69, 9.17) is 10.5 Å². The molecule has 3 nitrogen and oxygen atoms in total. The number of rotatable bonds is 4. The Morgan fingerprint density at radius 1 is 1.40 bits per heavy atom. The first-order valence-electron chi connectivity index (χ1n) is 7.27. The number of ether oxygens (including phenoxy) is 1. The van der Waals surface area contributed by atoms with Crippen molar-refractivity contribution in [2.45, 2.75) is 32.6 Å². The van der Waals surface area contributed by atoms with Crippen LogP contribution in [0, 0.1) is 17.8 Å². The molecule has 2 fully saturated rings. The lowest BCUT2D eigenvalue weighted by Crippen LogP contribution is -2.19. The Morgan fingerprint density at radius 3 is 2.80 bits per heavy atom. The van der Waals surface area contributed by atoms with E-state index in [0.29, 0.717) is 29.5 Å². The lowest BCUT2D eigenvalue weighted by molar-refractivity contribution is 0.101. The van der Waals surface area contributed by atoms with Crippen LogP contribution in [0.25, 0.3) is 0 Å². The predicted molar refractivity (Wildman–Crippen MR) is 83.0 cm³/mol. The Morgan fingerprint density at radius 2 is 2.20 bits per heavy atom. The van der Waals surface area contributed by atoms with E-state index in [1.165, 1.54) is 25.7 Å². The maximum Gasteiger partial charge on any atom is 0.163 e. The van der Waals surface area contributed by atoms with Gasteiger partial charge in [0.15, 0.2) is 11.5 Å². The lowest BCUT2D eigenvalue weighted by Gasteiger charge is -2.23. The van der Waals surface area contributed by atoms with Crippen LogP contribution in [0.15, 0.2) is 16.6 Å². The fourth-order valence-electron chi connectivity index (χ4n) is 3.81. The van der Waals surface area contributed by atoms with Crippen LogP contribution in [-0.2, 0) is 0 Å². The summed E-state index contributed by atoms with van der Waals surface area (Å²) in [4.78, 5) is 11.7. The number of Topliss-reactive ketones (excluding diaryl/α,β-unsaturated/α-hetero) is 1. The molecule has 3 rings (SSSR count). The highest BCUT2D eigenvalue weighted by Crippen LogP contribution is 2.48. The lowest BCUT2D eigenvalue weighted by atomic mass is 9.89. The van der Waals surface area contributed by atoms with Crippen molar-refractivity contribution >= 4 is 27.4 Å². The summed E-state index contributed by atoms with van der Waals surface area (Å²) >= 11 is 3.37. The van der Waals surface area contributed by atoms with Crippen molar-refractivity contribution in [1.29, 1.82) is 0 Å². The van der Waals surface area contributed by atoms with Crippen molar-refractivity contribution in [2.24, 2.45) is 17.8 Å². The highest BCUT2D eigenvalue weighted by molar-refractivity contribution is 9.10. The first-order valence-corrected chi connectivity index (χ1v) is 8.06. The van der Waals surface area contributed by atoms with Gasteiger partial charge in [-0.1, -0.05) is 22.4 Å². The third-order valence-corrected chi connectivity index (χ3v) is 5.25. The van der Waals surface area contributed by atoms with Gasteiger partial charge in [0, 0.05) is 4.47 Å². The van der Waals surface area contributed by atoms with Gasteiger partial charge in [-0.05, 0) is 56.1 Å². The summed E-state index contributed by atoms with van der Waals surface area (Å²) in [6.07, 6.45) is 5.37. The second-order valence-corrected chi connectivity index (χ2v) is 7.09. The maximum absolute atomic E-state index is 11.7. The van der Waals surface area contributed by atoms with Crippen LogP contribution in [0.1, 0.15) is 43.0 Å². The number of halogens is 1. The van der Waals surface area contributed by atoms with Crippen molar-refractivity contribution in [2.75, 3.05) is 12.3 Å². The van der Waals surface area contributed by atoms with E-state index in [9.17, 15) is 4.79 Å². The van der Waals surface area contributed by atoms with Gasteiger partial charge >= 0.3 is 0 Å². The Labute approximate surface area is 128 Å². The van der Waals surface area contributed by atoms with Crippen LogP contribution in [0.5, 0.6) is 5.75 Å². The zero-order valence-electron chi connectivity index (χ0n) is 11.7. The molecular formula is C16H20BrNO2. The van der Waals surface area contributed by atoms with Gasteiger partial charge in [0.25, 0.3) is 0 Å². The van der Waals surface area contributed by atoms with Crippen molar-refractivity contribution in [3.8, 4) is 5.75 Å². The fourth-order valence-corrected chi connectivity index (χ4v) is 4.28. The molecule has 0 radical (unpaired) electrons. The molecule has 108 valence electrons. The maximum atomic E-state index is 11.7. The second kappa shape index (κ2) is 5.40. The number of benzene rings is 1. The Hall–Kier alpha value is -1.03. The minimum absolute atomic E-state index is 0.0130. The van der Waals surface area contributed by atoms with E-state index in [1.807, 2.05) is 0 Å². The average Bonchev–Trinajstić information content (AvgIpc) is 2.98. The van der Waals surface area contributed by atoms with Crippen molar-refractivity contribution < 1.29 is 9.53 Å². The molecule has 4 heteroatoms. The van der Waals surface area contributed by atoms with E-state index in [2.05, 4.69) is 15.9 Å². The highest BCUT2D eigenvalue weighted by atomic mass is 79.9. The minimum Gasteiger partial charge on any atom is -0.490 e. The molecule has 2 N–H and O–H groups in total. The monoisotopic (exact) mass is 337 g/mol. The smallest absolute Gasteiger partial charge is 0.163 e. The van der Waals surface area contributed by atoms with E-state index in [0.717, 1.165) is 16.3 Å². The molecule has 0 spiro atoms. The van der Waals surface area contributed by atoms with Gasteiger partial charge in [-0.15, -0.1) is 0 Å². The third kappa shape index (κ3) is 2.58. The standard InChI is InChI=1S/C16H20BrNO2/c1-9(19)14-6-13(17)7-15(18)16(14)20-8-12-5-10-2-3-11(12)4-10/h6-7,10-12H,2-5,8,18H2,1H3. The van der Waals surface area contributed by atoms with Crippen LogP contribution >= 0.6 is 15.9 Å². The number of nitrogen functional groups attached to an aromatic ring is 1. The Bertz CT molecular complexity index is 544. The zero-order valence-corrected chi connectivity index (χ0v) is 13.3. The molecule has 3 unspecified atom stereocenters. The van der Waals surface area contributed by atoms with Crippen LogP contribution in [-0.4, -0.2) is 12.4 Å². The van der Waals surface area contributed by atoms with E-state index >= 15 is 0 Å². The minimum atomic E-state index is -0.0130. The third-order valence-electron chi connectivity index (χ3n) is 4.79. The Kier molecular flexibility index (Phi) is 3.76. The van der Waals surface area contributed by atoms with E-state index in [1.54, 1.807) is 19.1 Å². The van der Waals surface area contributed by atoms with E-state index < -0.39 is 0 Å². The first-order chi connectivity index (χ1) is 9.54. The van der Waals surface area contributed by atoms with Gasteiger partial charge in [-0.3, -0.25) is 4.79 Å². The number of hydrogen-bond acceptors (Lipinski definition) is 3. The molecule has 0 heterocycles. The van der Waals surface area contributed by atoms with Crippen molar-refractivity contribution in [3.63, 3.8) is 0 Å². The van der Waals surface area contributed by atoms with E-state index in [-0.39, 0.29) is 5.78 Å². The normalized spacial score (nSPS) is 27.8. The molecule has 3 atom stereocenters. The van der Waals surface area contributed by atoms with Crippen molar-refractivity contribution in [3.05, 3.63) is 22.2 Å². The number of ketones is 1. The quantitative estimate of drug-likeness (QED) is 0.666. The highest BCUT2D eigenvalue weighted by Gasteiger charge is 2.39. The molecule has 20 heavy (non-hydrogen) atoms. The Balaban J connectivity index is 1.75. The van der Waals surface area contributed by atoms with Gasteiger partial charge < -0.3 is 10.5 Å². The van der Waals surface area contributed by atoms with Crippen molar-refractivity contribution in [1.82, 2.24) is 0 Å². The molecule has 0 aromatic heterocycles. The number of carbonyl (C=O) groups excluding carboxylic acids is 1. The van der Waals surface area contributed by atoms with Gasteiger partial charge in [0.05, 0.1) is 17.9 Å². The van der Waals surface area contributed by atoms with Crippen LogP contribution in [0.4, 0.5) is 5.69 Å². The summed E-state index contributed by atoms with van der Waals surface area (Å²) in [5.74, 6) is 2.90. The molecule has 2 bridgehead atoms. The van der Waals surface area contributed by atoms with Gasteiger partial charge in [-0.25, -0.2) is 0 Å². The zero-order chi connectivity index (χ0) is 14.3. The molecule has 1 aromatic carbocycles. The summed E-state index contributed by atoms with van der Waals surface area (Å²) in [7, 11) is 0. The second-order valence-electron chi connectivity index (χ2n) is 6.17. The number of fused-ring (bicyclic) bond motifs is 2. The number of carbonyl (C=O) groups is 1. The van der Waals surface area contributed by atoms with Gasteiger partial charge in [0.2, 0.25) is 0 Å². The van der Waals surface area contributed by atoms with Crippen LogP contribution in [0.2, 0.25) is 0 Å². The summed E-state index contributed by atoms with van der Waals surface area (Å²) in [6.45, 7) is 2.24. The molecule has 0 aliphatic heterocycles. The van der Waals surface area contributed by atoms with Gasteiger partial charge in [-0.2, -0.15) is 0 Å². The summed E-state index contributed by atoms with van der Waals surface area (Å²) in [6, 6.07) is 3.58. The molecule has 2 saturated carbocycles. The molecule has 2 aliphatic carbocycles. The fraction of sp³-hybridized carbons (Fsp3) is 0.562. The first kappa shape index (κ1) is 13.9. The molecule has 0 saturated heterocycles. The molecule has 2 aliphatic rings. The SMILES string of the molecule is CC(=O)c1cc(Br)cc(N)c1OCC1CC2CCC1C2. The molecule has 1 aromatic rings. The summed E-state index contributed by atoms with van der Waals surface area (Å²) in [5, 5.41) is 0. The number of hydrogen-bond donors (Lipinski definition) is 1. The summed E-state index contributed by atoms with van der Waals surface area (Å²) in [5.41, 5.74) is 7.12. The number of nitrogens with two attached hydrogens (primary N) is 1. The predicted octanol–water partition coefficient (Wildman–Crippen LogP) is 4.05. The molecular weight excluding hydrogens is 318 g/mol. The summed E-state index contributed by atoms with van der Waals surface area (Å²) < 4.78 is 6.77. The van der Waals surface area contributed by atoms with Gasteiger partial charge in [0.1, 0.15) is 0 Å². The number of anilines is 1. The van der Waals surface area contributed by atoms with Crippen LogP contribution in [0.3, 0.4) is 0 Å². The topological polar surface area (TPSA) is 52.3 Å². The van der Waals surface area contributed by atoms with Crippen LogP contribution < -0.4 is 10.5 Å². The molecule has 0 amide bonds.